The van der Waals surface area contributed by atoms with E-state index in [1.54, 1.807) is 29.3 Å². The molecular formula is C20H22N4O2S2. The van der Waals surface area contributed by atoms with Crippen molar-refractivity contribution in [1.29, 1.82) is 0 Å². The second kappa shape index (κ2) is 8.87. The topological polar surface area (TPSA) is 87.7 Å². The molecule has 0 saturated heterocycles. The van der Waals surface area contributed by atoms with Gasteiger partial charge in [-0.15, -0.1) is 11.3 Å². The number of nitrogens with zero attached hydrogens (tertiary/aromatic N) is 2. The van der Waals surface area contributed by atoms with Gasteiger partial charge in [0.05, 0.1) is 23.4 Å². The van der Waals surface area contributed by atoms with Crippen molar-refractivity contribution in [1.82, 2.24) is 20.3 Å². The van der Waals surface area contributed by atoms with Crippen molar-refractivity contribution in [3.05, 3.63) is 56.7 Å². The molecule has 146 valence electrons. The lowest BCUT2D eigenvalue weighted by molar-refractivity contribution is -0.120. The first-order valence-corrected chi connectivity index (χ1v) is 11.5. The standard InChI is InChI=1S/C20H22N4O2S2/c25-17(22-11-13-5-3-4-9-21-13)8-10-27-12-16-23-19(26)18-14-6-1-2-7-15(14)28-20(18)24-16/h3-5,9H,1-2,6-8,10-12H2,(H,22,25)(H,23,24,26). The lowest BCUT2D eigenvalue weighted by Crippen LogP contribution is -2.23. The average Bonchev–Trinajstić information content (AvgIpc) is 3.09. The van der Waals surface area contributed by atoms with Crippen molar-refractivity contribution in [3.63, 3.8) is 0 Å². The Labute approximate surface area is 171 Å². The number of aromatic nitrogens is 3. The van der Waals surface area contributed by atoms with Crippen LogP contribution >= 0.6 is 23.1 Å². The van der Waals surface area contributed by atoms with E-state index >= 15 is 0 Å². The molecule has 0 unspecified atom stereocenters. The number of rotatable bonds is 7. The van der Waals surface area contributed by atoms with E-state index < -0.39 is 0 Å². The molecule has 3 heterocycles. The Hall–Kier alpha value is -2.19. The molecule has 3 aromatic rings. The zero-order valence-electron chi connectivity index (χ0n) is 15.5. The van der Waals surface area contributed by atoms with Crippen LogP contribution in [0.3, 0.4) is 0 Å². The fraction of sp³-hybridized carbons (Fsp3) is 0.400. The van der Waals surface area contributed by atoms with Gasteiger partial charge in [-0.2, -0.15) is 11.8 Å². The predicted molar refractivity (Wildman–Crippen MR) is 114 cm³/mol. The van der Waals surface area contributed by atoms with Crippen molar-refractivity contribution < 1.29 is 4.79 Å². The Balaban J connectivity index is 1.28. The van der Waals surface area contributed by atoms with Crippen molar-refractivity contribution >= 4 is 39.2 Å². The van der Waals surface area contributed by atoms with E-state index in [-0.39, 0.29) is 11.5 Å². The minimum Gasteiger partial charge on any atom is -0.350 e. The van der Waals surface area contributed by atoms with Crippen molar-refractivity contribution in [2.24, 2.45) is 0 Å². The number of nitrogens with one attached hydrogen (secondary N) is 2. The fourth-order valence-electron chi connectivity index (χ4n) is 3.39. The van der Waals surface area contributed by atoms with E-state index in [1.165, 1.54) is 16.9 Å². The number of aryl methyl sites for hydroxylation is 2. The largest absolute Gasteiger partial charge is 0.350 e. The second-order valence-corrected chi connectivity index (χ2v) is 8.99. The number of fused-ring (bicyclic) bond motifs is 3. The monoisotopic (exact) mass is 414 g/mol. The molecule has 3 aromatic heterocycles. The number of thioether (sulfide) groups is 1. The molecule has 0 fully saturated rings. The van der Waals surface area contributed by atoms with Crippen molar-refractivity contribution in [3.8, 4) is 0 Å². The maximum Gasteiger partial charge on any atom is 0.259 e. The quantitative estimate of drug-likeness (QED) is 0.580. The minimum absolute atomic E-state index is 0.000917. The van der Waals surface area contributed by atoms with E-state index in [1.807, 2.05) is 18.2 Å². The highest BCUT2D eigenvalue weighted by Crippen LogP contribution is 2.33. The summed E-state index contributed by atoms with van der Waals surface area (Å²) >= 11 is 3.27. The van der Waals surface area contributed by atoms with Gasteiger partial charge in [0.15, 0.2) is 0 Å². The van der Waals surface area contributed by atoms with Crippen molar-refractivity contribution in [2.75, 3.05) is 5.75 Å². The number of carbonyl (C=O) groups is 1. The second-order valence-electron chi connectivity index (χ2n) is 6.80. The third-order valence-corrected chi connectivity index (χ3v) is 6.94. The van der Waals surface area contributed by atoms with Crippen LogP contribution in [0.1, 0.15) is 41.2 Å². The van der Waals surface area contributed by atoms with E-state index in [0.29, 0.717) is 30.3 Å². The molecule has 2 N–H and O–H groups in total. The Morgan fingerprint density at radius 1 is 1.29 bits per heavy atom. The summed E-state index contributed by atoms with van der Waals surface area (Å²) in [5.41, 5.74) is 2.04. The summed E-state index contributed by atoms with van der Waals surface area (Å²) < 4.78 is 0. The van der Waals surface area contributed by atoms with Gasteiger partial charge in [-0.3, -0.25) is 14.6 Å². The predicted octanol–water partition coefficient (Wildman–Crippen LogP) is 3.20. The van der Waals surface area contributed by atoms with Gasteiger partial charge in [0.1, 0.15) is 10.7 Å². The Bertz CT molecular complexity index is 1030. The highest BCUT2D eigenvalue weighted by molar-refractivity contribution is 7.98. The average molecular weight is 415 g/mol. The third-order valence-electron chi connectivity index (χ3n) is 4.78. The number of hydrogen-bond acceptors (Lipinski definition) is 6. The van der Waals surface area contributed by atoms with E-state index in [2.05, 4.69) is 20.3 Å². The molecule has 4 rings (SSSR count). The molecule has 0 aromatic carbocycles. The summed E-state index contributed by atoms with van der Waals surface area (Å²) in [4.78, 5) is 38.4. The first-order valence-electron chi connectivity index (χ1n) is 9.48. The van der Waals surface area contributed by atoms with Gasteiger partial charge in [-0.1, -0.05) is 6.07 Å². The zero-order chi connectivity index (χ0) is 19.3. The summed E-state index contributed by atoms with van der Waals surface area (Å²) in [6.07, 6.45) is 6.54. The maximum absolute atomic E-state index is 12.5. The molecule has 0 saturated carbocycles. The maximum atomic E-state index is 12.5. The molecule has 8 heteroatoms. The van der Waals surface area contributed by atoms with Crippen LogP contribution < -0.4 is 10.9 Å². The SMILES string of the molecule is O=C(CCSCc1nc2sc3c(c2c(=O)[nH]1)CCCC3)NCc1ccccn1. The number of hydrogen-bond donors (Lipinski definition) is 2. The summed E-state index contributed by atoms with van der Waals surface area (Å²) in [5.74, 6) is 1.97. The van der Waals surface area contributed by atoms with Gasteiger partial charge in [0, 0.05) is 23.2 Å². The van der Waals surface area contributed by atoms with Gasteiger partial charge >= 0.3 is 0 Å². The van der Waals surface area contributed by atoms with Crippen LogP contribution in [0.25, 0.3) is 10.2 Å². The van der Waals surface area contributed by atoms with Crippen LogP contribution in [0.15, 0.2) is 29.2 Å². The molecule has 0 atom stereocenters. The molecule has 0 bridgehead atoms. The number of pyridine rings is 1. The first kappa shape index (κ1) is 19.1. The molecule has 1 amide bonds. The number of thiophene rings is 1. The fourth-order valence-corrected chi connectivity index (χ4v) is 5.48. The molecular weight excluding hydrogens is 392 g/mol. The molecule has 1 aliphatic rings. The molecule has 28 heavy (non-hydrogen) atoms. The third kappa shape index (κ3) is 4.44. The van der Waals surface area contributed by atoms with E-state index in [9.17, 15) is 9.59 Å². The highest BCUT2D eigenvalue weighted by Gasteiger charge is 2.19. The van der Waals surface area contributed by atoms with Crippen molar-refractivity contribution in [2.45, 2.75) is 44.4 Å². The number of aromatic amines is 1. The summed E-state index contributed by atoms with van der Waals surface area (Å²) in [6.45, 7) is 0.443. The lowest BCUT2D eigenvalue weighted by Gasteiger charge is -2.09. The van der Waals surface area contributed by atoms with Gasteiger partial charge in [0.25, 0.3) is 5.56 Å². The Morgan fingerprint density at radius 3 is 3.04 bits per heavy atom. The Kier molecular flexibility index (Phi) is 6.07. The first-order chi connectivity index (χ1) is 13.7. The summed E-state index contributed by atoms with van der Waals surface area (Å²) in [6, 6.07) is 5.64. The van der Waals surface area contributed by atoms with Gasteiger partial charge < -0.3 is 10.3 Å². The van der Waals surface area contributed by atoms with Crippen LogP contribution in [0.5, 0.6) is 0 Å². The summed E-state index contributed by atoms with van der Waals surface area (Å²) in [5, 5.41) is 3.67. The number of amides is 1. The van der Waals surface area contributed by atoms with Gasteiger partial charge in [0.2, 0.25) is 5.91 Å². The minimum atomic E-state index is -0.0203. The smallest absolute Gasteiger partial charge is 0.259 e. The molecule has 1 aliphatic carbocycles. The van der Waals surface area contributed by atoms with Crippen LogP contribution in [0.2, 0.25) is 0 Å². The molecule has 6 nitrogen and oxygen atoms in total. The molecule has 0 aliphatic heterocycles. The van der Waals surface area contributed by atoms with E-state index in [0.717, 1.165) is 35.2 Å². The van der Waals surface area contributed by atoms with E-state index in [4.69, 9.17) is 0 Å². The lowest BCUT2D eigenvalue weighted by atomic mass is 9.97. The van der Waals surface area contributed by atoms with Crippen LogP contribution in [-0.4, -0.2) is 26.6 Å². The van der Waals surface area contributed by atoms with Crippen LogP contribution in [0.4, 0.5) is 0 Å². The number of carbonyl (C=O) groups excluding carboxylic acids is 1. The molecule has 0 radical (unpaired) electrons. The van der Waals surface area contributed by atoms with Gasteiger partial charge in [-0.05, 0) is 43.4 Å². The summed E-state index contributed by atoms with van der Waals surface area (Å²) in [7, 11) is 0. The van der Waals surface area contributed by atoms with Gasteiger partial charge in [-0.25, -0.2) is 4.98 Å². The zero-order valence-corrected chi connectivity index (χ0v) is 17.1. The molecule has 0 spiro atoms. The number of H-pyrrole nitrogens is 1. The Morgan fingerprint density at radius 2 is 2.18 bits per heavy atom. The van der Waals surface area contributed by atoms with Crippen LogP contribution in [-0.2, 0) is 29.9 Å². The highest BCUT2D eigenvalue weighted by atomic mass is 32.2. The van der Waals surface area contributed by atoms with Crippen LogP contribution in [0, 0.1) is 0 Å². The normalized spacial score (nSPS) is 13.4.